The fraction of sp³-hybridized carbons (Fsp3) is 0.744. The van der Waals surface area contributed by atoms with Gasteiger partial charge in [0.2, 0.25) is 5.60 Å². The van der Waals surface area contributed by atoms with Crippen molar-refractivity contribution in [3.8, 4) is 0 Å². The molecular formula is C39H54O11. The van der Waals surface area contributed by atoms with Crippen LogP contribution in [-0.4, -0.2) is 70.0 Å². The van der Waals surface area contributed by atoms with Crippen LogP contribution in [0, 0.1) is 45.3 Å². The molecule has 0 aromatic carbocycles. The van der Waals surface area contributed by atoms with Crippen LogP contribution in [0.2, 0.25) is 0 Å². The average Bonchev–Trinajstić information content (AvgIpc) is 3.70. The highest BCUT2D eigenvalue weighted by Gasteiger charge is 2.98. The molecule has 1 saturated heterocycles. The van der Waals surface area contributed by atoms with Gasteiger partial charge in [0.25, 0.3) is 0 Å². The minimum atomic E-state index is -2.07. The molecule has 4 aliphatic carbocycles. The Labute approximate surface area is 294 Å². The van der Waals surface area contributed by atoms with Crippen LogP contribution in [0.3, 0.4) is 0 Å². The number of methoxy groups -OCH3 is 1. The Kier molecular flexibility index (Phi) is 8.35. The molecule has 2 heterocycles. The van der Waals surface area contributed by atoms with Gasteiger partial charge in [0.05, 0.1) is 42.1 Å². The van der Waals surface area contributed by atoms with Crippen LogP contribution in [0.15, 0.2) is 35.3 Å². The Morgan fingerprint density at radius 2 is 1.68 bits per heavy atom. The maximum atomic E-state index is 14.6. The third kappa shape index (κ3) is 4.05. The van der Waals surface area contributed by atoms with Crippen LogP contribution < -0.4 is 0 Å². The van der Waals surface area contributed by atoms with Crippen molar-refractivity contribution >= 4 is 23.7 Å². The first-order chi connectivity index (χ1) is 23.2. The van der Waals surface area contributed by atoms with Crippen molar-refractivity contribution in [1.29, 1.82) is 0 Å². The normalized spacial score (nSPS) is 44.1. The molecule has 2 bridgehead atoms. The molecule has 0 spiro atoms. The number of esters is 3. The number of carbonyl (C=O) groups excluding carboxylic acids is 4. The SMILES string of the molecule is C=C1CC2C(C)(C(=O)c3ccoc3)CCC3(O)C2(CCC)C(O1)C1(OC(=O)C(C)C)C(OC(=O)C(C)C)C2(C)CC1(O)C3(C)C2CC(=O)OC. The zero-order chi connectivity index (χ0) is 37.0. The van der Waals surface area contributed by atoms with E-state index in [2.05, 4.69) is 6.58 Å². The summed E-state index contributed by atoms with van der Waals surface area (Å²) in [4.78, 5) is 55.8. The van der Waals surface area contributed by atoms with Gasteiger partial charge in [-0.25, -0.2) is 0 Å². The second kappa shape index (κ2) is 11.4. The Bertz CT molecular complexity index is 1600. The van der Waals surface area contributed by atoms with Crippen molar-refractivity contribution < 1.29 is 52.8 Å². The van der Waals surface area contributed by atoms with Gasteiger partial charge in [-0.1, -0.05) is 68.4 Å². The fourth-order valence-corrected chi connectivity index (χ4v) is 12.1. The first kappa shape index (κ1) is 36.6. The summed E-state index contributed by atoms with van der Waals surface area (Å²) in [6.45, 7) is 18.5. The number of rotatable bonds is 10. The van der Waals surface area contributed by atoms with Crippen molar-refractivity contribution in [3.63, 3.8) is 0 Å². The summed E-state index contributed by atoms with van der Waals surface area (Å²) in [5.41, 5.74) is -10.7. The van der Waals surface area contributed by atoms with Gasteiger partial charge in [-0.15, -0.1) is 0 Å². The quantitative estimate of drug-likeness (QED) is 0.179. The highest BCUT2D eigenvalue weighted by Crippen LogP contribution is 2.86. The highest BCUT2D eigenvalue weighted by molar-refractivity contribution is 6.00. The summed E-state index contributed by atoms with van der Waals surface area (Å²) < 4.78 is 30.6. The van der Waals surface area contributed by atoms with Gasteiger partial charge in [0.15, 0.2) is 18.0 Å². The lowest BCUT2D eigenvalue weighted by Gasteiger charge is -2.79. The van der Waals surface area contributed by atoms with Crippen molar-refractivity contribution in [2.75, 3.05) is 7.11 Å². The average molecular weight is 699 g/mol. The minimum Gasteiger partial charge on any atom is -0.490 e. The Morgan fingerprint density at radius 1 is 1.02 bits per heavy atom. The second-order valence-corrected chi connectivity index (χ2v) is 17.1. The number of carbonyl (C=O) groups is 4. The Balaban J connectivity index is 1.74. The summed E-state index contributed by atoms with van der Waals surface area (Å²) in [5.74, 6) is -4.30. The standard InChI is InChI=1S/C39H54O11/c1-11-13-36-26-17-23(6)48-32(36)39(50-30(43)22(4)5)31(49-29(42)21(2)3)34(8)20-38(39,45)35(9,25(34)18-27(40)46-10)37(36,44)15-14-33(26,7)28(41)24-12-16-47-19-24/h12,16,19,21-22,25-26,31-32,44-45H,6,11,13-15,17-18,20H2,1-5,7-10H3. The zero-order valence-electron chi connectivity index (χ0n) is 30.9. The lowest BCUT2D eigenvalue weighted by atomic mass is 9.29. The minimum absolute atomic E-state index is 0.0632. The summed E-state index contributed by atoms with van der Waals surface area (Å²) in [6.07, 6.45) is 1.39. The summed E-state index contributed by atoms with van der Waals surface area (Å²) in [6, 6.07) is 1.63. The largest absolute Gasteiger partial charge is 0.490 e. The van der Waals surface area contributed by atoms with Crippen molar-refractivity contribution in [2.45, 2.75) is 129 Å². The topological polar surface area (TPSA) is 159 Å². The van der Waals surface area contributed by atoms with E-state index in [-0.39, 0.29) is 37.9 Å². The molecule has 11 nitrogen and oxygen atoms in total. The van der Waals surface area contributed by atoms with E-state index in [9.17, 15) is 29.4 Å². The third-order valence-corrected chi connectivity index (χ3v) is 14.2. The van der Waals surface area contributed by atoms with E-state index in [4.69, 9.17) is 23.4 Å². The van der Waals surface area contributed by atoms with Gasteiger partial charge in [0, 0.05) is 34.5 Å². The number of hydrogen-bond donors (Lipinski definition) is 2. The number of fused-ring (bicyclic) bond motifs is 3. The van der Waals surface area contributed by atoms with Crippen LogP contribution in [-0.2, 0) is 33.3 Å². The smallest absolute Gasteiger partial charge is 0.309 e. The predicted octanol–water partition coefficient (Wildman–Crippen LogP) is 5.56. The predicted molar refractivity (Wildman–Crippen MR) is 179 cm³/mol. The van der Waals surface area contributed by atoms with Gasteiger partial charge in [-0.3, -0.25) is 19.2 Å². The van der Waals surface area contributed by atoms with Crippen LogP contribution >= 0.6 is 0 Å². The molecule has 276 valence electrons. The number of hydrogen-bond acceptors (Lipinski definition) is 11. The summed E-state index contributed by atoms with van der Waals surface area (Å²) >= 11 is 0. The molecule has 11 heteroatoms. The number of ether oxygens (including phenoxy) is 4. The molecule has 6 rings (SSSR count). The fourth-order valence-electron chi connectivity index (χ4n) is 12.1. The molecule has 1 aromatic rings. The molecular weight excluding hydrogens is 644 g/mol. The monoisotopic (exact) mass is 698 g/mol. The summed E-state index contributed by atoms with van der Waals surface area (Å²) in [5, 5.41) is 27.6. The number of aliphatic hydroxyl groups is 2. The van der Waals surface area contributed by atoms with Crippen molar-refractivity contribution in [1.82, 2.24) is 0 Å². The number of furan rings is 1. The molecule has 4 saturated carbocycles. The Hall–Kier alpha value is -3.18. The number of allylic oxidation sites excluding steroid dienone is 1. The molecule has 0 radical (unpaired) electrons. The Morgan fingerprint density at radius 3 is 2.24 bits per heavy atom. The van der Waals surface area contributed by atoms with E-state index in [1.807, 2.05) is 20.8 Å². The zero-order valence-corrected chi connectivity index (χ0v) is 30.9. The van der Waals surface area contributed by atoms with E-state index < -0.39 is 92.3 Å². The van der Waals surface area contributed by atoms with E-state index in [1.54, 1.807) is 40.7 Å². The van der Waals surface area contributed by atoms with Gasteiger partial charge >= 0.3 is 17.9 Å². The third-order valence-electron chi connectivity index (χ3n) is 14.2. The molecule has 0 amide bonds. The van der Waals surface area contributed by atoms with Gasteiger partial charge in [-0.2, -0.15) is 0 Å². The first-order valence-corrected chi connectivity index (χ1v) is 18.1. The number of ketones is 1. The van der Waals surface area contributed by atoms with E-state index in [1.165, 1.54) is 19.6 Å². The first-order valence-electron chi connectivity index (χ1n) is 18.1. The lowest BCUT2D eigenvalue weighted by Crippen LogP contribution is -2.92. The van der Waals surface area contributed by atoms with Crippen molar-refractivity contribution in [2.24, 2.45) is 45.3 Å². The highest BCUT2D eigenvalue weighted by atomic mass is 16.6. The van der Waals surface area contributed by atoms with Gasteiger partial charge < -0.3 is 33.6 Å². The molecule has 11 atom stereocenters. The summed E-state index contributed by atoms with van der Waals surface area (Å²) in [7, 11) is 1.29. The van der Waals surface area contributed by atoms with Gasteiger partial charge in [-0.05, 0) is 43.6 Å². The lowest BCUT2D eigenvalue weighted by molar-refractivity contribution is -0.431. The molecule has 50 heavy (non-hydrogen) atoms. The van der Waals surface area contributed by atoms with E-state index >= 15 is 0 Å². The van der Waals surface area contributed by atoms with E-state index in [0.29, 0.717) is 24.2 Å². The van der Waals surface area contributed by atoms with E-state index in [0.717, 1.165) is 0 Å². The number of Topliss-reactive ketones (excluding diaryl/α,β-unsaturated/α-hetero) is 1. The van der Waals surface area contributed by atoms with Crippen LogP contribution in [0.4, 0.5) is 0 Å². The van der Waals surface area contributed by atoms with Crippen LogP contribution in [0.5, 0.6) is 0 Å². The van der Waals surface area contributed by atoms with Crippen molar-refractivity contribution in [3.05, 3.63) is 36.5 Å². The maximum Gasteiger partial charge on any atom is 0.309 e. The molecule has 11 unspecified atom stereocenters. The molecule has 1 aliphatic heterocycles. The molecule has 5 fully saturated rings. The van der Waals surface area contributed by atoms with Crippen LogP contribution in [0.1, 0.15) is 111 Å². The molecule has 5 aliphatic rings. The van der Waals surface area contributed by atoms with Crippen LogP contribution in [0.25, 0.3) is 0 Å². The maximum absolute atomic E-state index is 14.6. The molecule has 1 aromatic heterocycles. The second-order valence-electron chi connectivity index (χ2n) is 17.1. The molecule has 2 N–H and O–H groups in total. The van der Waals surface area contributed by atoms with Gasteiger partial charge in [0.1, 0.15) is 11.9 Å².